The molecule has 3 rings (SSSR count). The zero-order valence-electron chi connectivity index (χ0n) is 22.4. The van der Waals surface area contributed by atoms with Gasteiger partial charge in [-0.2, -0.15) is 0 Å². The summed E-state index contributed by atoms with van der Waals surface area (Å²) >= 11 is 0. The molecule has 0 saturated heterocycles. The minimum atomic E-state index is -4.98. The van der Waals surface area contributed by atoms with E-state index in [1.54, 1.807) is 64.7 Å². The van der Waals surface area contributed by atoms with Crippen molar-refractivity contribution in [3.63, 3.8) is 0 Å². The van der Waals surface area contributed by atoms with Crippen LogP contribution in [0.3, 0.4) is 0 Å². The molecule has 0 unspecified atom stereocenters. The number of carbonyl (C=O) groups is 2. The van der Waals surface area contributed by atoms with E-state index < -0.39 is 41.6 Å². The fourth-order valence-corrected chi connectivity index (χ4v) is 3.72. The van der Waals surface area contributed by atoms with Crippen molar-refractivity contribution in [1.82, 2.24) is 14.5 Å². The predicted molar refractivity (Wildman–Crippen MR) is 134 cm³/mol. The predicted octanol–water partition coefficient (Wildman–Crippen LogP) is 5.55. The second-order valence-electron chi connectivity index (χ2n) is 10.0. The van der Waals surface area contributed by atoms with Crippen molar-refractivity contribution >= 4 is 12.0 Å². The highest BCUT2D eigenvalue weighted by molar-refractivity contribution is 5.95. The minimum absolute atomic E-state index is 0.0372. The van der Waals surface area contributed by atoms with Crippen LogP contribution in [0.2, 0.25) is 0 Å². The molecule has 8 nitrogen and oxygen atoms in total. The standard InChI is InChI=1S/C27H30F4N4O4/c1-16-11-19(7-8-22(16)28)17(2)32-23(36)20-12-18(13-21(14-20)38-27(29,30)31)15-35-10-9-34(6)24(35)33-25(37)39-26(3,4)5/h7-14,17H,15H2,1-6H3,(H,32,36)/b33-24+/t17-/m0/s1. The Bertz CT molecular complexity index is 1430. The van der Waals surface area contributed by atoms with Crippen LogP contribution in [-0.4, -0.2) is 33.1 Å². The van der Waals surface area contributed by atoms with Gasteiger partial charge in [0, 0.05) is 25.0 Å². The van der Waals surface area contributed by atoms with Gasteiger partial charge in [-0.25, -0.2) is 9.18 Å². The van der Waals surface area contributed by atoms with Crippen LogP contribution >= 0.6 is 0 Å². The van der Waals surface area contributed by atoms with Crippen LogP contribution in [0.25, 0.3) is 0 Å². The van der Waals surface area contributed by atoms with Crippen molar-refractivity contribution in [3.8, 4) is 5.75 Å². The third-order valence-corrected chi connectivity index (χ3v) is 5.47. The van der Waals surface area contributed by atoms with Gasteiger partial charge in [0.15, 0.2) is 0 Å². The number of hydrogen-bond donors (Lipinski definition) is 1. The molecule has 39 heavy (non-hydrogen) atoms. The van der Waals surface area contributed by atoms with Gasteiger partial charge in [0.05, 0.1) is 12.6 Å². The van der Waals surface area contributed by atoms with Crippen molar-refractivity contribution in [2.45, 2.75) is 59.2 Å². The Morgan fingerprint density at radius 3 is 2.38 bits per heavy atom. The third kappa shape index (κ3) is 8.45. The van der Waals surface area contributed by atoms with Crippen LogP contribution in [0.15, 0.2) is 53.8 Å². The molecule has 210 valence electrons. The van der Waals surface area contributed by atoms with Crippen LogP contribution in [0.5, 0.6) is 5.75 Å². The Hall–Kier alpha value is -4.09. The molecule has 0 aliphatic heterocycles. The van der Waals surface area contributed by atoms with E-state index in [1.807, 2.05) is 0 Å². The molecule has 1 atom stereocenters. The molecule has 0 fully saturated rings. The molecule has 12 heteroatoms. The first-order valence-corrected chi connectivity index (χ1v) is 12.0. The molecule has 1 N–H and O–H groups in total. The first-order chi connectivity index (χ1) is 18.0. The smallest absolute Gasteiger partial charge is 0.442 e. The summed E-state index contributed by atoms with van der Waals surface area (Å²) < 4.78 is 65.2. The number of imidazole rings is 1. The van der Waals surface area contributed by atoms with Crippen molar-refractivity contribution < 1.29 is 36.6 Å². The maximum Gasteiger partial charge on any atom is 0.573 e. The largest absolute Gasteiger partial charge is 0.573 e. The summed E-state index contributed by atoms with van der Waals surface area (Å²) in [6.45, 7) is 8.29. The zero-order chi connectivity index (χ0) is 29.1. The van der Waals surface area contributed by atoms with Crippen molar-refractivity contribution in [2.24, 2.45) is 12.0 Å². The van der Waals surface area contributed by atoms with Crippen LogP contribution < -0.4 is 15.7 Å². The summed E-state index contributed by atoms with van der Waals surface area (Å²) in [4.78, 5) is 29.3. The molecule has 2 aromatic carbocycles. The number of ether oxygens (including phenoxy) is 2. The second kappa shape index (κ2) is 11.3. The van der Waals surface area contributed by atoms with Crippen molar-refractivity contribution in [1.29, 1.82) is 0 Å². The average Bonchev–Trinajstić information content (AvgIpc) is 3.11. The lowest BCUT2D eigenvalue weighted by atomic mass is 10.0. The summed E-state index contributed by atoms with van der Waals surface area (Å²) in [6, 6.07) is 7.36. The number of nitrogens with zero attached hydrogens (tertiary/aromatic N) is 3. The van der Waals surface area contributed by atoms with Crippen molar-refractivity contribution in [2.75, 3.05) is 0 Å². The topological polar surface area (TPSA) is 86.9 Å². The van der Waals surface area contributed by atoms with Crippen LogP contribution in [0.1, 0.15) is 60.8 Å². The normalized spacial score (nSPS) is 13.2. The third-order valence-electron chi connectivity index (χ3n) is 5.47. The lowest BCUT2D eigenvalue weighted by molar-refractivity contribution is -0.274. The molecule has 0 bridgehead atoms. The van der Waals surface area contributed by atoms with Crippen LogP contribution in [0.4, 0.5) is 22.4 Å². The maximum atomic E-state index is 13.6. The molecule has 0 saturated carbocycles. The van der Waals surface area contributed by atoms with Gasteiger partial charge < -0.3 is 23.9 Å². The lowest BCUT2D eigenvalue weighted by Gasteiger charge is -2.17. The van der Waals surface area contributed by atoms with Gasteiger partial charge in [-0.1, -0.05) is 12.1 Å². The Morgan fingerprint density at radius 1 is 1.08 bits per heavy atom. The summed E-state index contributed by atoms with van der Waals surface area (Å²) in [7, 11) is 1.64. The Kier molecular flexibility index (Phi) is 8.57. The first kappa shape index (κ1) is 29.5. The highest BCUT2D eigenvalue weighted by atomic mass is 19.4. The number of amides is 2. The summed E-state index contributed by atoms with van der Waals surface area (Å²) in [5.41, 5.74) is 0.620. The fraction of sp³-hybridized carbons (Fsp3) is 0.370. The van der Waals surface area contributed by atoms with E-state index in [1.165, 1.54) is 22.8 Å². The number of benzene rings is 2. The Labute approximate surface area is 222 Å². The SMILES string of the molecule is Cc1cc([C@H](C)NC(=O)c2cc(Cn3ccn(C)/c3=N\C(=O)OC(C)(C)C)cc(OC(F)(F)F)c2)ccc1F. The fourth-order valence-electron chi connectivity index (χ4n) is 3.72. The molecule has 0 aliphatic rings. The van der Waals surface area contributed by atoms with Crippen LogP contribution in [-0.2, 0) is 18.3 Å². The van der Waals surface area contributed by atoms with Gasteiger partial charge in [-0.3, -0.25) is 4.79 Å². The summed E-state index contributed by atoms with van der Waals surface area (Å²) in [5.74, 6) is -1.64. The highest BCUT2D eigenvalue weighted by Crippen LogP contribution is 2.26. The first-order valence-electron chi connectivity index (χ1n) is 12.0. The van der Waals surface area contributed by atoms with E-state index in [0.717, 1.165) is 12.1 Å². The van der Waals surface area contributed by atoms with Gasteiger partial charge >= 0.3 is 12.5 Å². The summed E-state index contributed by atoms with van der Waals surface area (Å²) in [6.07, 6.45) is -2.63. The van der Waals surface area contributed by atoms with Gasteiger partial charge in [0.25, 0.3) is 5.91 Å². The molecule has 1 heterocycles. The van der Waals surface area contributed by atoms with Gasteiger partial charge in [-0.15, -0.1) is 18.2 Å². The van der Waals surface area contributed by atoms with E-state index in [4.69, 9.17) is 4.74 Å². The minimum Gasteiger partial charge on any atom is -0.442 e. The molecule has 1 aromatic heterocycles. The average molecular weight is 551 g/mol. The number of rotatable bonds is 6. The van der Waals surface area contributed by atoms with E-state index >= 15 is 0 Å². The number of carbonyl (C=O) groups excluding carboxylic acids is 2. The zero-order valence-corrected chi connectivity index (χ0v) is 22.4. The number of hydrogen-bond acceptors (Lipinski definition) is 4. The lowest BCUT2D eigenvalue weighted by Crippen LogP contribution is -2.29. The van der Waals surface area contributed by atoms with Crippen LogP contribution in [0, 0.1) is 12.7 Å². The monoisotopic (exact) mass is 550 g/mol. The molecule has 2 amide bonds. The molecular formula is C27H30F4N4O4. The van der Waals surface area contributed by atoms with E-state index in [0.29, 0.717) is 11.1 Å². The number of halogens is 4. The van der Waals surface area contributed by atoms with Gasteiger partial charge in [0.1, 0.15) is 17.2 Å². The molecular weight excluding hydrogens is 520 g/mol. The van der Waals surface area contributed by atoms with E-state index in [-0.39, 0.29) is 23.3 Å². The highest BCUT2D eigenvalue weighted by Gasteiger charge is 2.31. The van der Waals surface area contributed by atoms with E-state index in [2.05, 4.69) is 15.0 Å². The maximum absolute atomic E-state index is 13.6. The molecule has 0 spiro atoms. The van der Waals surface area contributed by atoms with Crippen molar-refractivity contribution in [3.05, 3.63) is 82.5 Å². The number of nitrogens with one attached hydrogen (secondary N) is 1. The quantitative estimate of drug-likeness (QED) is 0.408. The number of aromatic nitrogens is 2. The molecule has 3 aromatic rings. The number of alkyl halides is 3. The Morgan fingerprint density at radius 2 is 1.77 bits per heavy atom. The molecule has 0 radical (unpaired) electrons. The summed E-state index contributed by atoms with van der Waals surface area (Å²) in [5, 5.41) is 2.71. The van der Waals surface area contributed by atoms with E-state index in [9.17, 15) is 27.2 Å². The Balaban J connectivity index is 1.94. The van der Waals surface area contributed by atoms with Gasteiger partial charge in [-0.05, 0) is 75.6 Å². The number of aryl methyl sites for hydroxylation is 2. The molecule has 0 aliphatic carbocycles. The second-order valence-corrected chi connectivity index (χ2v) is 10.0. The van der Waals surface area contributed by atoms with Gasteiger partial charge in [0.2, 0.25) is 5.62 Å².